The Balaban J connectivity index is 2.01. The average molecular weight is 518 g/mol. The molecule has 35 heavy (non-hydrogen) atoms. The second-order valence-electron chi connectivity index (χ2n) is 8.32. The second kappa shape index (κ2) is 11.3. The molecule has 0 saturated heterocycles. The van der Waals surface area contributed by atoms with E-state index in [1.165, 1.54) is 47.0 Å². The largest absolute Gasteiger partial charge is 0.468 e. The number of thiazole rings is 1. The number of ether oxygens (including phenoxy) is 1. The van der Waals surface area contributed by atoms with Gasteiger partial charge in [0.2, 0.25) is 10.0 Å². The molecule has 0 unspecified atom stereocenters. The van der Waals surface area contributed by atoms with Gasteiger partial charge in [-0.25, -0.2) is 8.42 Å². The molecule has 188 valence electrons. The minimum absolute atomic E-state index is 0.0750. The van der Waals surface area contributed by atoms with Crippen molar-refractivity contribution in [2.75, 3.05) is 20.2 Å². The monoisotopic (exact) mass is 517 g/mol. The normalized spacial score (nSPS) is 12.5. The summed E-state index contributed by atoms with van der Waals surface area (Å²) < 4.78 is 34.9. The van der Waals surface area contributed by atoms with E-state index in [0.29, 0.717) is 30.7 Å². The van der Waals surface area contributed by atoms with Crippen LogP contribution in [0.1, 0.15) is 48.2 Å². The topological polar surface area (TPSA) is 98.0 Å². The second-order valence-corrected chi connectivity index (χ2v) is 11.3. The van der Waals surface area contributed by atoms with Crippen molar-refractivity contribution < 1.29 is 22.7 Å². The van der Waals surface area contributed by atoms with Crippen molar-refractivity contribution in [1.82, 2.24) is 8.87 Å². The molecule has 3 aromatic rings. The van der Waals surface area contributed by atoms with Crippen LogP contribution in [0.25, 0.3) is 10.2 Å². The van der Waals surface area contributed by atoms with Gasteiger partial charge in [0.15, 0.2) is 4.80 Å². The molecule has 8 nitrogen and oxygen atoms in total. The maximum atomic E-state index is 13.0. The lowest BCUT2D eigenvalue weighted by atomic mass is 10.1. The van der Waals surface area contributed by atoms with Crippen LogP contribution in [0.5, 0.6) is 0 Å². The van der Waals surface area contributed by atoms with Crippen LogP contribution >= 0.6 is 11.3 Å². The van der Waals surface area contributed by atoms with Gasteiger partial charge in [0.05, 0.1) is 22.2 Å². The molecular formula is C25H31N3O5S2. The number of carbonyl (C=O) groups excluding carboxylic acids is 2. The summed E-state index contributed by atoms with van der Waals surface area (Å²) in [5, 5.41) is 0. The van der Waals surface area contributed by atoms with Crippen molar-refractivity contribution in [2.24, 2.45) is 4.99 Å². The first-order valence-electron chi connectivity index (χ1n) is 11.5. The third-order valence-corrected chi connectivity index (χ3v) is 8.45. The van der Waals surface area contributed by atoms with Crippen LogP contribution in [-0.2, 0) is 26.1 Å². The fourth-order valence-corrected chi connectivity index (χ4v) is 6.77. The molecule has 0 spiro atoms. The molecule has 0 N–H and O–H groups in total. The Morgan fingerprint density at radius 1 is 1.06 bits per heavy atom. The SMILES string of the molecule is CCCN(CCC)S(=O)(=O)c1ccc(C(=O)N=c2sc3cc(C)cc(C)c3n2CC(=O)OC)cc1. The van der Waals surface area contributed by atoms with Crippen LogP contribution in [0.15, 0.2) is 46.3 Å². The Morgan fingerprint density at radius 2 is 1.69 bits per heavy atom. The summed E-state index contributed by atoms with van der Waals surface area (Å²) in [7, 11) is -2.32. The highest BCUT2D eigenvalue weighted by Gasteiger charge is 2.23. The van der Waals surface area contributed by atoms with Crippen LogP contribution in [0.3, 0.4) is 0 Å². The smallest absolute Gasteiger partial charge is 0.325 e. The van der Waals surface area contributed by atoms with Crippen molar-refractivity contribution >= 4 is 43.5 Å². The average Bonchev–Trinajstić information content (AvgIpc) is 3.15. The molecule has 1 heterocycles. The van der Waals surface area contributed by atoms with Crippen LogP contribution in [0, 0.1) is 13.8 Å². The number of aryl methyl sites for hydroxylation is 2. The van der Waals surface area contributed by atoms with Crippen LogP contribution < -0.4 is 4.80 Å². The Hall–Kier alpha value is -2.82. The molecule has 1 amide bonds. The summed E-state index contributed by atoms with van der Waals surface area (Å²) in [5.74, 6) is -0.968. The maximum Gasteiger partial charge on any atom is 0.325 e. The predicted octanol–water partition coefficient (Wildman–Crippen LogP) is 4.04. The van der Waals surface area contributed by atoms with E-state index in [1.54, 1.807) is 4.57 Å². The number of fused-ring (bicyclic) bond motifs is 1. The summed E-state index contributed by atoms with van der Waals surface area (Å²) in [6, 6.07) is 9.83. The molecule has 1 aromatic heterocycles. The summed E-state index contributed by atoms with van der Waals surface area (Å²) in [6.07, 6.45) is 1.43. The van der Waals surface area contributed by atoms with E-state index in [9.17, 15) is 18.0 Å². The van der Waals surface area contributed by atoms with Gasteiger partial charge < -0.3 is 9.30 Å². The van der Waals surface area contributed by atoms with Crippen molar-refractivity contribution in [3.8, 4) is 0 Å². The van der Waals surface area contributed by atoms with Gasteiger partial charge in [-0.2, -0.15) is 9.30 Å². The van der Waals surface area contributed by atoms with E-state index in [0.717, 1.165) is 21.3 Å². The highest BCUT2D eigenvalue weighted by molar-refractivity contribution is 7.89. The molecule has 0 atom stereocenters. The van der Waals surface area contributed by atoms with Crippen LogP contribution in [0.4, 0.5) is 0 Å². The van der Waals surface area contributed by atoms with Crippen molar-refractivity contribution in [1.29, 1.82) is 0 Å². The van der Waals surface area contributed by atoms with Gasteiger partial charge in [0, 0.05) is 18.7 Å². The van der Waals surface area contributed by atoms with Gasteiger partial charge in [-0.15, -0.1) is 0 Å². The molecule has 0 radical (unpaired) electrons. The molecule has 0 aliphatic rings. The van der Waals surface area contributed by atoms with Crippen molar-refractivity contribution in [3.63, 3.8) is 0 Å². The predicted molar refractivity (Wildman–Crippen MR) is 137 cm³/mol. The number of methoxy groups -OCH3 is 1. The molecule has 0 saturated carbocycles. The van der Waals surface area contributed by atoms with Crippen molar-refractivity contribution in [2.45, 2.75) is 52.0 Å². The standard InChI is InChI=1S/C25H31N3O5S2/c1-6-12-27(13-7-2)35(31,32)20-10-8-19(9-11-20)24(30)26-25-28(16-22(29)33-5)23-18(4)14-17(3)15-21(23)34-25/h8-11,14-15H,6-7,12-13,16H2,1-5H3. The number of esters is 1. The number of rotatable bonds is 9. The Kier molecular flexibility index (Phi) is 8.63. The number of carbonyl (C=O) groups is 2. The fraction of sp³-hybridized carbons (Fsp3) is 0.400. The van der Waals surface area contributed by atoms with Gasteiger partial charge in [0.1, 0.15) is 6.54 Å². The molecule has 2 aromatic carbocycles. The first kappa shape index (κ1) is 26.8. The first-order chi connectivity index (χ1) is 16.6. The molecule has 0 fully saturated rings. The quantitative estimate of drug-likeness (QED) is 0.399. The molecule has 3 rings (SSSR count). The lowest BCUT2D eigenvalue weighted by Crippen LogP contribution is -2.32. The molecular weight excluding hydrogens is 486 g/mol. The zero-order valence-corrected chi connectivity index (χ0v) is 22.3. The van der Waals surface area contributed by atoms with E-state index in [2.05, 4.69) is 4.99 Å². The minimum atomic E-state index is -3.64. The van der Waals surface area contributed by atoms with Gasteiger partial charge in [-0.1, -0.05) is 31.3 Å². The van der Waals surface area contributed by atoms with Crippen LogP contribution in [-0.4, -0.2) is 49.4 Å². The summed E-state index contributed by atoms with van der Waals surface area (Å²) in [4.78, 5) is 29.9. The number of amides is 1. The number of nitrogens with zero attached hydrogens (tertiary/aromatic N) is 3. The van der Waals surface area contributed by atoms with Gasteiger partial charge in [-0.3, -0.25) is 9.59 Å². The van der Waals surface area contributed by atoms with E-state index >= 15 is 0 Å². The fourth-order valence-electron chi connectivity index (χ4n) is 3.94. The Morgan fingerprint density at radius 3 is 2.26 bits per heavy atom. The zero-order chi connectivity index (χ0) is 25.8. The summed E-state index contributed by atoms with van der Waals surface area (Å²) in [5.41, 5.74) is 3.12. The maximum absolute atomic E-state index is 13.0. The highest BCUT2D eigenvalue weighted by Crippen LogP contribution is 2.24. The third-order valence-electron chi connectivity index (χ3n) is 5.51. The van der Waals surface area contributed by atoms with Crippen molar-refractivity contribution in [3.05, 3.63) is 57.9 Å². The third kappa shape index (κ3) is 5.88. The first-order valence-corrected chi connectivity index (χ1v) is 13.7. The molecule has 0 aliphatic carbocycles. The minimum Gasteiger partial charge on any atom is -0.468 e. The Labute approximate surface area is 209 Å². The Bertz CT molecular complexity index is 1400. The lowest BCUT2D eigenvalue weighted by Gasteiger charge is -2.21. The number of hydrogen-bond donors (Lipinski definition) is 0. The van der Waals surface area contributed by atoms with E-state index < -0.39 is 21.9 Å². The summed E-state index contributed by atoms with van der Waals surface area (Å²) in [6.45, 7) is 8.61. The summed E-state index contributed by atoms with van der Waals surface area (Å²) >= 11 is 1.32. The van der Waals surface area contributed by atoms with Gasteiger partial charge in [-0.05, 0) is 68.1 Å². The van der Waals surface area contributed by atoms with Gasteiger partial charge >= 0.3 is 5.97 Å². The molecule has 10 heteroatoms. The number of benzene rings is 2. The lowest BCUT2D eigenvalue weighted by molar-refractivity contribution is -0.141. The molecule has 0 bridgehead atoms. The highest BCUT2D eigenvalue weighted by atomic mass is 32.2. The number of hydrogen-bond acceptors (Lipinski definition) is 6. The van der Waals surface area contributed by atoms with E-state index in [1.807, 2.05) is 39.8 Å². The molecule has 0 aliphatic heterocycles. The zero-order valence-electron chi connectivity index (χ0n) is 20.7. The van der Waals surface area contributed by atoms with E-state index in [4.69, 9.17) is 4.74 Å². The van der Waals surface area contributed by atoms with Gasteiger partial charge in [0.25, 0.3) is 5.91 Å². The number of sulfonamides is 1. The van der Waals surface area contributed by atoms with E-state index in [-0.39, 0.29) is 17.0 Å². The van der Waals surface area contributed by atoms with Crippen LogP contribution in [0.2, 0.25) is 0 Å². The number of aromatic nitrogens is 1.